The van der Waals surface area contributed by atoms with E-state index in [2.05, 4.69) is 11.5 Å². The molecule has 82 valence electrons. The molecule has 0 heterocycles. The number of hydrogen-bond acceptors (Lipinski definition) is 2. The maximum absolute atomic E-state index is 11.6. The molecular weight excluding hydrogens is 183 g/mol. The molecule has 0 aliphatic rings. The molecule has 0 radical (unpaired) electrons. The monoisotopic (exact) mass is 202 g/mol. The predicted octanol–water partition coefficient (Wildman–Crippen LogP) is 2.80. The van der Waals surface area contributed by atoms with E-state index in [0.29, 0.717) is 6.42 Å². The van der Waals surface area contributed by atoms with Gasteiger partial charge in [-0.05, 0) is 29.9 Å². The van der Waals surface area contributed by atoms with Gasteiger partial charge >= 0.3 is 0 Å². The number of aliphatic hydroxyl groups excluding tert-OH is 1. The fourth-order valence-electron chi connectivity index (χ4n) is 1.19. The van der Waals surface area contributed by atoms with E-state index in [1.54, 1.807) is 6.08 Å². The Bertz CT molecular complexity index is 190. The summed E-state index contributed by atoms with van der Waals surface area (Å²) in [7, 11) is 0. The van der Waals surface area contributed by atoms with Gasteiger partial charge < -0.3 is 5.11 Å². The summed E-state index contributed by atoms with van der Waals surface area (Å²) in [5.41, 5.74) is 0.841. The molecule has 0 aromatic carbocycles. The Hall–Kier alpha value is -0.670. The number of halogens is 1. The lowest BCUT2D eigenvalue weighted by Crippen LogP contribution is -2.10. The molecule has 0 fully saturated rings. The van der Waals surface area contributed by atoms with E-state index >= 15 is 0 Å². The highest BCUT2D eigenvalue weighted by Gasteiger charge is 2.08. The Morgan fingerprint density at radius 1 is 1.64 bits per heavy atom. The minimum Gasteiger partial charge on any atom is -0.388 e. The van der Waals surface area contributed by atoms with Gasteiger partial charge in [0.2, 0.25) is 0 Å². The van der Waals surface area contributed by atoms with E-state index in [-0.39, 0.29) is 12.5 Å². The van der Waals surface area contributed by atoms with Gasteiger partial charge in [-0.2, -0.15) is 4.94 Å². The maximum atomic E-state index is 11.6. The third-order valence-corrected chi connectivity index (χ3v) is 2.22. The summed E-state index contributed by atoms with van der Waals surface area (Å²) in [4.78, 5) is 3.59. The number of hydrogen-bond donors (Lipinski definition) is 1. The van der Waals surface area contributed by atoms with E-state index in [1.165, 1.54) is 0 Å². The van der Waals surface area contributed by atoms with Crippen LogP contribution in [0.5, 0.6) is 0 Å². The van der Waals surface area contributed by atoms with Crippen LogP contribution in [0.2, 0.25) is 0 Å². The van der Waals surface area contributed by atoms with Crippen LogP contribution in [0.15, 0.2) is 24.3 Å². The predicted molar refractivity (Wildman–Crippen MR) is 55.4 cm³/mol. The minimum atomic E-state index is -0.513. The summed E-state index contributed by atoms with van der Waals surface area (Å²) in [5, 5.41) is 9.56. The molecule has 0 amide bonds. The average Bonchev–Trinajstić information content (AvgIpc) is 2.17. The Balaban J connectivity index is 4.22. The first-order valence-electron chi connectivity index (χ1n) is 4.86. The topological polar surface area (TPSA) is 29.5 Å². The van der Waals surface area contributed by atoms with Gasteiger partial charge in [-0.25, -0.2) is 0 Å². The van der Waals surface area contributed by atoms with E-state index in [1.807, 2.05) is 19.9 Å². The van der Waals surface area contributed by atoms with E-state index < -0.39 is 6.10 Å². The summed E-state index contributed by atoms with van der Waals surface area (Å²) in [6.07, 6.45) is 4.32. The van der Waals surface area contributed by atoms with Crippen LogP contribution in [0.1, 0.15) is 26.7 Å². The van der Waals surface area contributed by atoms with Gasteiger partial charge in [-0.3, -0.25) is 0 Å². The third kappa shape index (κ3) is 5.14. The smallest absolute Gasteiger partial charge is 0.0938 e. The van der Waals surface area contributed by atoms with Gasteiger partial charge in [0.05, 0.1) is 12.7 Å². The molecule has 0 aliphatic heterocycles. The summed E-state index contributed by atoms with van der Waals surface area (Å²) < 4.78 is 11.6. The van der Waals surface area contributed by atoms with Crippen molar-refractivity contribution in [3.8, 4) is 0 Å². The van der Waals surface area contributed by atoms with Crippen LogP contribution in [-0.2, 0) is 4.94 Å². The summed E-state index contributed by atoms with van der Waals surface area (Å²) in [6, 6.07) is 0. The Morgan fingerprint density at radius 2 is 2.29 bits per heavy atom. The molecule has 14 heavy (non-hydrogen) atoms. The quantitative estimate of drug-likeness (QED) is 0.643. The standard InChI is InChI=1S/C11H19FO2/c1-4-6-11(13)9(3)7-10(5-2)8-14-12/h4,7,10-11,13H,1,5-6,8H2,2-3H3/b9-7-. The van der Waals surface area contributed by atoms with Crippen LogP contribution >= 0.6 is 0 Å². The van der Waals surface area contributed by atoms with Gasteiger partial charge in [0.25, 0.3) is 0 Å². The van der Waals surface area contributed by atoms with E-state index in [4.69, 9.17) is 0 Å². The van der Waals surface area contributed by atoms with Crippen molar-refractivity contribution in [3.05, 3.63) is 24.3 Å². The fraction of sp³-hybridized carbons (Fsp3) is 0.636. The van der Waals surface area contributed by atoms with Crippen LogP contribution < -0.4 is 0 Å². The highest BCUT2D eigenvalue weighted by molar-refractivity contribution is 5.08. The van der Waals surface area contributed by atoms with Crippen molar-refractivity contribution in [1.82, 2.24) is 0 Å². The van der Waals surface area contributed by atoms with Gasteiger partial charge in [0.15, 0.2) is 0 Å². The molecule has 0 spiro atoms. The minimum absolute atomic E-state index is 0.0273. The molecule has 2 nitrogen and oxygen atoms in total. The number of rotatable bonds is 7. The molecule has 0 bridgehead atoms. The number of aliphatic hydroxyl groups is 1. The van der Waals surface area contributed by atoms with Gasteiger partial charge in [0.1, 0.15) is 0 Å². The molecular formula is C11H19FO2. The Morgan fingerprint density at radius 3 is 2.71 bits per heavy atom. The normalized spacial score (nSPS) is 16.4. The lowest BCUT2D eigenvalue weighted by atomic mass is 10.0. The van der Waals surface area contributed by atoms with Crippen LogP contribution in [0.25, 0.3) is 0 Å². The first-order valence-corrected chi connectivity index (χ1v) is 4.86. The van der Waals surface area contributed by atoms with Crippen LogP contribution in [0, 0.1) is 5.92 Å². The lowest BCUT2D eigenvalue weighted by Gasteiger charge is -2.12. The zero-order valence-electron chi connectivity index (χ0n) is 8.87. The fourth-order valence-corrected chi connectivity index (χ4v) is 1.19. The molecule has 0 saturated carbocycles. The molecule has 0 aromatic rings. The van der Waals surface area contributed by atoms with Crippen molar-refractivity contribution in [1.29, 1.82) is 0 Å². The van der Waals surface area contributed by atoms with Crippen molar-refractivity contribution in [2.24, 2.45) is 5.92 Å². The van der Waals surface area contributed by atoms with Crippen molar-refractivity contribution in [2.75, 3.05) is 6.61 Å². The molecule has 0 aliphatic carbocycles. The van der Waals surface area contributed by atoms with Crippen molar-refractivity contribution < 1.29 is 14.6 Å². The molecule has 3 heteroatoms. The van der Waals surface area contributed by atoms with Gasteiger partial charge in [-0.1, -0.05) is 19.1 Å². The average molecular weight is 202 g/mol. The second-order valence-corrected chi connectivity index (χ2v) is 3.39. The van der Waals surface area contributed by atoms with Crippen molar-refractivity contribution >= 4 is 0 Å². The van der Waals surface area contributed by atoms with Gasteiger partial charge in [0, 0.05) is 5.92 Å². The lowest BCUT2D eigenvalue weighted by molar-refractivity contribution is -0.140. The second kappa shape index (κ2) is 7.71. The zero-order valence-corrected chi connectivity index (χ0v) is 8.87. The SMILES string of the molecule is C=CCC(O)/C(C)=C\C(CC)COF. The van der Waals surface area contributed by atoms with E-state index in [9.17, 15) is 9.63 Å². The summed E-state index contributed by atoms with van der Waals surface area (Å²) in [5.74, 6) is 0.0273. The first-order chi connectivity index (χ1) is 6.65. The maximum Gasteiger partial charge on any atom is 0.0938 e. The van der Waals surface area contributed by atoms with Crippen LogP contribution in [0.3, 0.4) is 0 Å². The first kappa shape index (κ1) is 13.3. The molecule has 1 N–H and O–H groups in total. The highest BCUT2D eigenvalue weighted by Crippen LogP contribution is 2.13. The van der Waals surface area contributed by atoms with Crippen LogP contribution in [-0.4, -0.2) is 17.8 Å². The summed E-state index contributed by atoms with van der Waals surface area (Å²) in [6.45, 7) is 7.38. The molecule has 0 saturated heterocycles. The second-order valence-electron chi connectivity index (χ2n) is 3.39. The molecule has 2 unspecified atom stereocenters. The molecule has 2 atom stereocenters. The van der Waals surface area contributed by atoms with Gasteiger partial charge in [-0.15, -0.1) is 6.58 Å². The van der Waals surface area contributed by atoms with E-state index in [0.717, 1.165) is 12.0 Å². The summed E-state index contributed by atoms with van der Waals surface area (Å²) >= 11 is 0. The Labute approximate surface area is 85.0 Å². The Kier molecular flexibility index (Phi) is 7.34. The third-order valence-electron chi connectivity index (χ3n) is 2.22. The van der Waals surface area contributed by atoms with Crippen LogP contribution in [0.4, 0.5) is 4.53 Å². The highest BCUT2D eigenvalue weighted by atomic mass is 19.3. The largest absolute Gasteiger partial charge is 0.388 e. The van der Waals surface area contributed by atoms with Crippen molar-refractivity contribution in [2.45, 2.75) is 32.8 Å². The molecule has 0 rings (SSSR count). The molecule has 0 aromatic heterocycles. The van der Waals surface area contributed by atoms with Crippen molar-refractivity contribution in [3.63, 3.8) is 0 Å². The zero-order chi connectivity index (χ0) is 11.0.